The number of rotatable bonds is 3. The van der Waals surface area contributed by atoms with E-state index in [1.54, 1.807) is 13.2 Å². The first-order chi connectivity index (χ1) is 7.74. The van der Waals surface area contributed by atoms with Crippen molar-refractivity contribution in [3.8, 4) is 17.0 Å². The van der Waals surface area contributed by atoms with Gasteiger partial charge in [-0.05, 0) is 35.8 Å². The van der Waals surface area contributed by atoms with Crippen molar-refractivity contribution < 1.29 is 4.74 Å². The summed E-state index contributed by atoms with van der Waals surface area (Å²) >= 11 is 7.55. The number of hydrogen-bond donors (Lipinski definition) is 1. The average molecular weight is 255 g/mol. The Morgan fingerprint density at radius 2 is 2.25 bits per heavy atom. The highest BCUT2D eigenvalue weighted by atomic mass is 35.5. The molecule has 1 aromatic carbocycles. The number of benzene rings is 1. The zero-order chi connectivity index (χ0) is 11.5. The molecule has 3 nitrogen and oxygen atoms in total. The lowest BCUT2D eigenvalue weighted by Crippen LogP contribution is -1.91. The molecule has 1 heterocycles. The van der Waals surface area contributed by atoms with Crippen LogP contribution in [0.1, 0.15) is 4.88 Å². The second-order valence-corrected chi connectivity index (χ2v) is 4.53. The number of nitrogens with zero attached hydrogens (tertiary/aromatic N) is 1. The number of halogens is 1. The van der Waals surface area contributed by atoms with Gasteiger partial charge in [-0.3, -0.25) is 0 Å². The molecular weight excluding hydrogens is 244 g/mol. The molecule has 2 N–H and O–H groups in total. The number of hydrogen-bond acceptors (Lipinski definition) is 4. The van der Waals surface area contributed by atoms with Crippen molar-refractivity contribution in [1.29, 1.82) is 0 Å². The first-order valence-corrected chi connectivity index (χ1v) is 5.89. The third-order valence-electron chi connectivity index (χ3n) is 2.21. The van der Waals surface area contributed by atoms with Gasteiger partial charge in [0.05, 0.1) is 17.8 Å². The van der Waals surface area contributed by atoms with Crippen molar-refractivity contribution >= 4 is 23.1 Å². The standard InChI is InChI=1S/C11H11ClN2OS/c1-15-7-2-3-9(10(12)4-7)11-5-8(6-13)16-14-11/h2-5H,6,13H2,1H3. The van der Waals surface area contributed by atoms with Gasteiger partial charge in [0.25, 0.3) is 0 Å². The molecule has 0 aliphatic rings. The largest absolute Gasteiger partial charge is 0.497 e. The summed E-state index contributed by atoms with van der Waals surface area (Å²) in [5, 5.41) is 0.633. The van der Waals surface area contributed by atoms with Gasteiger partial charge >= 0.3 is 0 Å². The molecule has 0 spiro atoms. The van der Waals surface area contributed by atoms with Crippen LogP contribution in [-0.4, -0.2) is 11.5 Å². The van der Waals surface area contributed by atoms with Crippen LogP contribution in [-0.2, 0) is 6.54 Å². The molecule has 0 atom stereocenters. The lowest BCUT2D eigenvalue weighted by Gasteiger charge is -2.03. The predicted molar refractivity (Wildman–Crippen MR) is 67.0 cm³/mol. The number of methoxy groups -OCH3 is 1. The molecule has 0 aliphatic heterocycles. The zero-order valence-corrected chi connectivity index (χ0v) is 10.3. The highest BCUT2D eigenvalue weighted by Crippen LogP contribution is 2.31. The molecule has 5 heteroatoms. The molecule has 0 saturated carbocycles. The van der Waals surface area contributed by atoms with Gasteiger partial charge in [0.15, 0.2) is 0 Å². The minimum Gasteiger partial charge on any atom is -0.497 e. The van der Waals surface area contributed by atoms with Crippen molar-refractivity contribution in [1.82, 2.24) is 4.37 Å². The van der Waals surface area contributed by atoms with E-state index in [2.05, 4.69) is 4.37 Å². The summed E-state index contributed by atoms with van der Waals surface area (Å²) in [5.41, 5.74) is 7.30. The Morgan fingerprint density at radius 3 is 2.81 bits per heavy atom. The Kier molecular flexibility index (Phi) is 3.43. The van der Waals surface area contributed by atoms with Crippen LogP contribution in [0.3, 0.4) is 0 Å². The van der Waals surface area contributed by atoms with Crippen LogP contribution in [0.5, 0.6) is 5.75 Å². The molecular formula is C11H11ClN2OS. The quantitative estimate of drug-likeness (QED) is 0.916. The van der Waals surface area contributed by atoms with E-state index in [1.807, 2.05) is 18.2 Å². The van der Waals surface area contributed by atoms with Crippen molar-refractivity contribution in [3.05, 3.63) is 34.2 Å². The highest BCUT2D eigenvalue weighted by molar-refractivity contribution is 7.06. The highest BCUT2D eigenvalue weighted by Gasteiger charge is 2.08. The Hall–Kier alpha value is -1.10. The predicted octanol–water partition coefficient (Wildman–Crippen LogP) is 2.93. The van der Waals surface area contributed by atoms with Crippen LogP contribution in [0, 0.1) is 0 Å². The minimum absolute atomic E-state index is 0.505. The third kappa shape index (κ3) is 2.19. The normalized spacial score (nSPS) is 10.4. The van der Waals surface area contributed by atoms with Crippen LogP contribution >= 0.6 is 23.1 Å². The van der Waals surface area contributed by atoms with Crippen molar-refractivity contribution in [3.63, 3.8) is 0 Å². The molecule has 0 amide bonds. The van der Waals surface area contributed by atoms with E-state index >= 15 is 0 Å². The minimum atomic E-state index is 0.505. The van der Waals surface area contributed by atoms with Gasteiger partial charge in [-0.15, -0.1) is 0 Å². The van der Waals surface area contributed by atoms with E-state index in [-0.39, 0.29) is 0 Å². The average Bonchev–Trinajstić information content (AvgIpc) is 2.77. The van der Waals surface area contributed by atoms with Gasteiger partial charge in [-0.25, -0.2) is 0 Å². The fourth-order valence-electron chi connectivity index (χ4n) is 1.37. The lowest BCUT2D eigenvalue weighted by atomic mass is 10.1. The van der Waals surface area contributed by atoms with Gasteiger partial charge in [0, 0.05) is 17.0 Å². The van der Waals surface area contributed by atoms with Gasteiger partial charge in [-0.1, -0.05) is 11.6 Å². The maximum atomic E-state index is 6.15. The summed E-state index contributed by atoms with van der Waals surface area (Å²) in [6, 6.07) is 7.50. The Labute approximate surface area is 103 Å². The maximum absolute atomic E-state index is 6.15. The van der Waals surface area contributed by atoms with Gasteiger partial charge in [0.2, 0.25) is 0 Å². The van der Waals surface area contributed by atoms with Crippen LogP contribution in [0.15, 0.2) is 24.3 Å². The van der Waals surface area contributed by atoms with E-state index in [1.165, 1.54) is 11.5 Å². The van der Waals surface area contributed by atoms with E-state index < -0.39 is 0 Å². The fraction of sp³-hybridized carbons (Fsp3) is 0.182. The van der Waals surface area contributed by atoms with E-state index in [9.17, 15) is 0 Å². The summed E-state index contributed by atoms with van der Waals surface area (Å²) in [6.07, 6.45) is 0. The maximum Gasteiger partial charge on any atom is 0.120 e. The van der Waals surface area contributed by atoms with Crippen molar-refractivity contribution in [2.75, 3.05) is 7.11 Å². The van der Waals surface area contributed by atoms with Crippen LogP contribution in [0.2, 0.25) is 5.02 Å². The molecule has 0 fully saturated rings. The third-order valence-corrected chi connectivity index (χ3v) is 3.33. The van der Waals surface area contributed by atoms with Crippen LogP contribution < -0.4 is 10.5 Å². The number of aromatic nitrogens is 1. The fourth-order valence-corrected chi connectivity index (χ4v) is 2.24. The van der Waals surface area contributed by atoms with Crippen molar-refractivity contribution in [2.24, 2.45) is 5.73 Å². The molecule has 0 saturated heterocycles. The van der Waals surface area contributed by atoms with Crippen LogP contribution in [0.4, 0.5) is 0 Å². The summed E-state index contributed by atoms with van der Waals surface area (Å²) in [7, 11) is 1.61. The summed E-state index contributed by atoms with van der Waals surface area (Å²) < 4.78 is 9.40. The Morgan fingerprint density at radius 1 is 1.44 bits per heavy atom. The van der Waals surface area contributed by atoms with Crippen molar-refractivity contribution in [2.45, 2.75) is 6.54 Å². The summed E-state index contributed by atoms with van der Waals surface area (Å²) in [5.74, 6) is 0.739. The molecule has 0 bridgehead atoms. The molecule has 2 aromatic rings. The van der Waals surface area contributed by atoms with E-state index in [0.29, 0.717) is 11.6 Å². The number of ether oxygens (including phenoxy) is 1. The molecule has 1 aromatic heterocycles. The van der Waals surface area contributed by atoms with Gasteiger partial charge < -0.3 is 10.5 Å². The van der Waals surface area contributed by atoms with E-state index in [4.69, 9.17) is 22.1 Å². The molecule has 0 aliphatic carbocycles. The topological polar surface area (TPSA) is 48.1 Å². The zero-order valence-electron chi connectivity index (χ0n) is 8.74. The molecule has 2 rings (SSSR count). The summed E-state index contributed by atoms with van der Waals surface area (Å²) in [4.78, 5) is 1.04. The second kappa shape index (κ2) is 4.82. The molecule has 84 valence electrons. The Balaban J connectivity index is 2.40. The van der Waals surface area contributed by atoms with Gasteiger partial charge in [0.1, 0.15) is 5.75 Å². The molecule has 16 heavy (non-hydrogen) atoms. The Bertz CT molecular complexity index is 498. The molecule has 0 radical (unpaired) electrons. The van der Waals surface area contributed by atoms with E-state index in [0.717, 1.165) is 21.9 Å². The first-order valence-electron chi connectivity index (χ1n) is 4.74. The van der Waals surface area contributed by atoms with Gasteiger partial charge in [-0.2, -0.15) is 4.37 Å². The SMILES string of the molecule is COc1ccc(-c2cc(CN)sn2)c(Cl)c1. The summed E-state index contributed by atoms with van der Waals surface area (Å²) in [6.45, 7) is 0.505. The smallest absolute Gasteiger partial charge is 0.120 e. The molecule has 0 unspecified atom stereocenters. The second-order valence-electron chi connectivity index (χ2n) is 3.23. The lowest BCUT2D eigenvalue weighted by molar-refractivity contribution is 0.415. The first kappa shape index (κ1) is 11.4. The monoisotopic (exact) mass is 254 g/mol. The number of nitrogens with two attached hydrogens (primary N) is 1. The van der Waals surface area contributed by atoms with Crippen LogP contribution in [0.25, 0.3) is 11.3 Å².